The van der Waals surface area contributed by atoms with Crippen molar-refractivity contribution in [3.05, 3.63) is 83.9 Å². The molecule has 2 fully saturated rings. The molecule has 0 aromatic heterocycles. The number of piperazine rings is 1. The van der Waals surface area contributed by atoms with Gasteiger partial charge in [0.25, 0.3) is 5.91 Å². The Bertz CT molecular complexity index is 1370. The Kier molecular flexibility index (Phi) is 6.08. The minimum atomic E-state index is -3.43. The zero-order valence-corrected chi connectivity index (χ0v) is 20.4. The van der Waals surface area contributed by atoms with Crippen LogP contribution < -0.4 is 5.32 Å². The Morgan fingerprint density at radius 1 is 0.857 bits per heavy atom. The maximum absolute atomic E-state index is 13.4. The van der Waals surface area contributed by atoms with Crippen molar-refractivity contribution >= 4 is 32.7 Å². The van der Waals surface area contributed by atoms with Crippen LogP contribution in [0.25, 0.3) is 10.8 Å². The number of carbonyl (C=O) groups excluding carboxylic acids is 2. The molecule has 2 saturated heterocycles. The Morgan fingerprint density at radius 2 is 1.51 bits per heavy atom. The number of hydrogen-bond donors (Lipinski definition) is 1. The highest BCUT2D eigenvalue weighted by Crippen LogP contribution is 2.31. The number of amides is 3. The Hall–Kier alpha value is -3.27. The molecule has 2 aliphatic rings. The van der Waals surface area contributed by atoms with Crippen LogP contribution in [0.15, 0.2) is 72.8 Å². The summed E-state index contributed by atoms with van der Waals surface area (Å²) in [6.45, 7) is 3.38. The van der Waals surface area contributed by atoms with Crippen LogP contribution in [0.2, 0.25) is 0 Å². The molecular formula is C26H28N4O4S. The molecule has 35 heavy (non-hydrogen) atoms. The Labute approximate surface area is 205 Å². The van der Waals surface area contributed by atoms with Crippen LogP contribution in [0.3, 0.4) is 0 Å². The number of benzene rings is 3. The van der Waals surface area contributed by atoms with Gasteiger partial charge in [-0.1, -0.05) is 66.7 Å². The number of rotatable bonds is 6. The van der Waals surface area contributed by atoms with E-state index >= 15 is 0 Å². The molecule has 182 valence electrons. The summed E-state index contributed by atoms with van der Waals surface area (Å²) < 4.78 is 27.1. The fourth-order valence-electron chi connectivity index (χ4n) is 4.75. The van der Waals surface area contributed by atoms with Crippen LogP contribution in [0, 0.1) is 0 Å². The first-order valence-corrected chi connectivity index (χ1v) is 13.2. The fourth-order valence-corrected chi connectivity index (χ4v) is 6.26. The smallest absolute Gasteiger partial charge is 0.319 e. The lowest BCUT2D eigenvalue weighted by atomic mass is 9.90. The summed E-state index contributed by atoms with van der Waals surface area (Å²) in [4.78, 5) is 29.4. The molecule has 3 aromatic carbocycles. The third-order valence-electron chi connectivity index (χ3n) is 6.86. The molecule has 1 atom stereocenters. The summed E-state index contributed by atoms with van der Waals surface area (Å²) in [6.07, 6.45) is 0. The van der Waals surface area contributed by atoms with Gasteiger partial charge in [-0.15, -0.1) is 0 Å². The van der Waals surface area contributed by atoms with E-state index in [1.807, 2.05) is 65.6 Å². The van der Waals surface area contributed by atoms with Crippen LogP contribution in [0.5, 0.6) is 0 Å². The first kappa shape index (κ1) is 23.5. The maximum atomic E-state index is 13.4. The van der Waals surface area contributed by atoms with Crippen molar-refractivity contribution in [1.29, 1.82) is 0 Å². The summed E-state index contributed by atoms with van der Waals surface area (Å²) in [6, 6.07) is 22.3. The largest absolute Gasteiger partial charge is 0.326 e. The molecular weight excluding hydrogens is 464 g/mol. The van der Waals surface area contributed by atoms with Crippen LogP contribution >= 0.6 is 0 Å². The van der Waals surface area contributed by atoms with Crippen LogP contribution in [-0.4, -0.2) is 67.3 Å². The van der Waals surface area contributed by atoms with Crippen molar-refractivity contribution in [2.75, 3.05) is 32.8 Å². The molecule has 3 amide bonds. The number of fused-ring (bicyclic) bond motifs is 1. The number of imide groups is 1. The van der Waals surface area contributed by atoms with E-state index in [0.717, 1.165) is 21.9 Å². The summed E-state index contributed by atoms with van der Waals surface area (Å²) in [7, 11) is -3.43. The normalized spacial score (nSPS) is 22.0. The lowest BCUT2D eigenvalue weighted by Gasteiger charge is -2.35. The summed E-state index contributed by atoms with van der Waals surface area (Å²) in [5.41, 5.74) is 0.332. The van der Waals surface area contributed by atoms with Crippen molar-refractivity contribution in [3.63, 3.8) is 0 Å². The third-order valence-corrected chi connectivity index (χ3v) is 8.71. The van der Waals surface area contributed by atoms with Crippen LogP contribution in [0.1, 0.15) is 18.1 Å². The first-order valence-electron chi connectivity index (χ1n) is 11.6. The predicted octanol–water partition coefficient (Wildman–Crippen LogP) is 2.71. The van der Waals surface area contributed by atoms with Crippen molar-refractivity contribution in [2.45, 2.75) is 18.2 Å². The fraction of sp³-hybridized carbons (Fsp3) is 0.308. The van der Waals surface area contributed by atoms with E-state index in [-0.39, 0.29) is 18.3 Å². The SMILES string of the molecule is C[C@@]1(c2ccc3ccccc3c2)NC(=O)N(CN2CCN(S(=O)(=O)Cc3ccccc3)CC2)C1=O. The molecule has 0 saturated carbocycles. The average Bonchev–Trinajstić information content (AvgIpc) is 3.08. The van der Waals surface area contributed by atoms with E-state index in [2.05, 4.69) is 5.32 Å². The van der Waals surface area contributed by atoms with E-state index in [4.69, 9.17) is 0 Å². The second-order valence-corrected chi connectivity index (χ2v) is 11.2. The third kappa shape index (κ3) is 4.54. The number of nitrogens with zero attached hydrogens (tertiary/aromatic N) is 3. The molecule has 0 unspecified atom stereocenters. The molecule has 2 heterocycles. The van der Waals surface area contributed by atoms with Gasteiger partial charge in [0, 0.05) is 26.2 Å². The zero-order chi connectivity index (χ0) is 24.6. The first-order chi connectivity index (χ1) is 16.8. The van der Waals surface area contributed by atoms with Gasteiger partial charge in [0.15, 0.2) is 0 Å². The monoisotopic (exact) mass is 492 g/mol. The van der Waals surface area contributed by atoms with Gasteiger partial charge < -0.3 is 5.32 Å². The number of carbonyl (C=O) groups is 2. The van der Waals surface area contributed by atoms with Gasteiger partial charge in [-0.2, -0.15) is 4.31 Å². The van der Waals surface area contributed by atoms with Crippen molar-refractivity contribution < 1.29 is 18.0 Å². The minimum absolute atomic E-state index is 0.0367. The molecule has 8 nitrogen and oxygen atoms in total. The second kappa shape index (κ2) is 9.07. The van der Waals surface area contributed by atoms with Crippen molar-refractivity contribution in [1.82, 2.24) is 19.4 Å². The van der Waals surface area contributed by atoms with E-state index in [9.17, 15) is 18.0 Å². The number of nitrogens with one attached hydrogen (secondary N) is 1. The average molecular weight is 493 g/mol. The summed E-state index contributed by atoms with van der Waals surface area (Å²) in [5, 5.41) is 4.93. The van der Waals surface area contributed by atoms with Gasteiger partial charge in [0.2, 0.25) is 10.0 Å². The van der Waals surface area contributed by atoms with E-state index in [0.29, 0.717) is 26.2 Å². The molecule has 3 aromatic rings. The lowest BCUT2D eigenvalue weighted by Crippen LogP contribution is -2.53. The van der Waals surface area contributed by atoms with Crippen LogP contribution in [-0.2, 0) is 26.1 Å². The second-order valence-electron chi connectivity index (χ2n) is 9.25. The van der Waals surface area contributed by atoms with E-state index in [1.165, 1.54) is 9.21 Å². The molecule has 1 N–H and O–H groups in total. The molecule has 0 bridgehead atoms. The van der Waals surface area contributed by atoms with E-state index in [1.54, 1.807) is 19.1 Å². The maximum Gasteiger partial charge on any atom is 0.326 e. The van der Waals surface area contributed by atoms with Gasteiger partial charge in [-0.3, -0.25) is 9.69 Å². The van der Waals surface area contributed by atoms with Gasteiger partial charge >= 0.3 is 6.03 Å². The Balaban J connectivity index is 1.24. The number of urea groups is 1. The van der Waals surface area contributed by atoms with Crippen molar-refractivity contribution in [3.8, 4) is 0 Å². The van der Waals surface area contributed by atoms with Crippen LogP contribution in [0.4, 0.5) is 4.79 Å². The quantitative estimate of drug-likeness (QED) is 0.535. The summed E-state index contributed by atoms with van der Waals surface area (Å²) in [5.74, 6) is -0.345. The molecule has 5 rings (SSSR count). The zero-order valence-electron chi connectivity index (χ0n) is 19.6. The topological polar surface area (TPSA) is 90.0 Å². The highest BCUT2D eigenvalue weighted by atomic mass is 32.2. The Morgan fingerprint density at radius 3 is 2.23 bits per heavy atom. The van der Waals surface area contributed by atoms with Gasteiger partial charge in [0.05, 0.1) is 12.4 Å². The molecule has 2 aliphatic heterocycles. The molecule has 0 aliphatic carbocycles. The highest BCUT2D eigenvalue weighted by Gasteiger charge is 2.49. The number of hydrogen-bond acceptors (Lipinski definition) is 5. The lowest BCUT2D eigenvalue weighted by molar-refractivity contribution is -0.132. The highest BCUT2D eigenvalue weighted by molar-refractivity contribution is 7.88. The standard InChI is InChI=1S/C26H28N4O4S/c1-26(23-12-11-21-9-5-6-10-22(21)17-23)24(31)30(25(32)27-26)19-28-13-15-29(16-14-28)35(33,34)18-20-7-3-2-4-8-20/h2-12,17H,13-16,18-19H2,1H3,(H,27,32)/t26-/m0/s1. The predicted molar refractivity (Wildman–Crippen MR) is 134 cm³/mol. The number of sulfonamides is 1. The van der Waals surface area contributed by atoms with E-state index < -0.39 is 21.6 Å². The minimum Gasteiger partial charge on any atom is -0.319 e. The molecule has 0 spiro atoms. The summed E-state index contributed by atoms with van der Waals surface area (Å²) >= 11 is 0. The van der Waals surface area contributed by atoms with Crippen molar-refractivity contribution in [2.24, 2.45) is 0 Å². The van der Waals surface area contributed by atoms with Gasteiger partial charge in [-0.25, -0.2) is 18.1 Å². The van der Waals surface area contributed by atoms with Gasteiger partial charge in [-0.05, 0) is 34.9 Å². The molecule has 9 heteroatoms. The molecule has 0 radical (unpaired) electrons. The van der Waals surface area contributed by atoms with Gasteiger partial charge in [0.1, 0.15) is 5.54 Å².